The first-order chi connectivity index (χ1) is 16.1. The van der Waals surface area contributed by atoms with Gasteiger partial charge in [0.15, 0.2) is 5.79 Å². The molecule has 174 valence electrons. The van der Waals surface area contributed by atoms with Crippen LogP contribution in [0.25, 0.3) is 0 Å². The molecule has 0 N–H and O–H groups in total. The number of hydrogen-bond acceptors (Lipinski definition) is 6. The number of rotatable bonds is 5. The number of likely N-dealkylation sites (tertiary alicyclic amines) is 1. The first-order valence-corrected chi connectivity index (χ1v) is 11.7. The minimum Gasteiger partial charge on any atom is -0.497 e. The number of hydrogen-bond donors (Lipinski definition) is 0. The third kappa shape index (κ3) is 4.64. The van der Waals surface area contributed by atoms with E-state index in [1.165, 1.54) is 0 Å². The van der Waals surface area contributed by atoms with Gasteiger partial charge in [-0.05, 0) is 23.8 Å². The van der Waals surface area contributed by atoms with Gasteiger partial charge in [-0.15, -0.1) is 0 Å². The fourth-order valence-corrected chi connectivity index (χ4v) is 5.03. The van der Waals surface area contributed by atoms with Crippen LogP contribution in [0, 0.1) is 0 Å². The number of benzene rings is 2. The molecule has 0 unspecified atom stereocenters. The van der Waals surface area contributed by atoms with Crippen molar-refractivity contribution in [1.82, 2.24) is 9.91 Å². The van der Waals surface area contributed by atoms with E-state index in [0.29, 0.717) is 31.2 Å². The van der Waals surface area contributed by atoms with E-state index in [-0.39, 0.29) is 11.9 Å². The summed E-state index contributed by atoms with van der Waals surface area (Å²) in [6, 6.07) is 15.3. The molecule has 0 bridgehead atoms. The first-order valence-electron chi connectivity index (χ1n) is 11.4. The van der Waals surface area contributed by atoms with Gasteiger partial charge in [0.25, 0.3) is 5.91 Å². The Labute approximate surface area is 198 Å². The van der Waals surface area contributed by atoms with Crippen molar-refractivity contribution in [2.45, 2.75) is 31.1 Å². The van der Waals surface area contributed by atoms with Crippen molar-refractivity contribution >= 4 is 23.2 Å². The zero-order valence-corrected chi connectivity index (χ0v) is 19.5. The second-order valence-electron chi connectivity index (χ2n) is 8.64. The van der Waals surface area contributed by atoms with Gasteiger partial charge in [0.05, 0.1) is 38.6 Å². The summed E-state index contributed by atoms with van der Waals surface area (Å²) in [5, 5.41) is 7.03. The standard InChI is InChI=1S/C25H28ClN3O4/c1-31-19-8-6-18(7-9-19)23-16-22(20-4-2-3-5-21(20)26)27-29(23)24(30)17-28-12-10-25(11-13-28)32-14-15-33-25/h2-9,23H,10-17H2,1H3/t23-/m1/s1. The molecule has 8 heteroatoms. The Bertz CT molecular complexity index is 1030. The largest absolute Gasteiger partial charge is 0.497 e. The second kappa shape index (κ2) is 9.43. The lowest BCUT2D eigenvalue weighted by Crippen LogP contribution is -2.48. The predicted octanol–water partition coefficient (Wildman–Crippen LogP) is 3.87. The molecule has 3 heterocycles. The highest BCUT2D eigenvalue weighted by Crippen LogP contribution is 2.36. The average Bonchev–Trinajstić information content (AvgIpc) is 3.49. The van der Waals surface area contributed by atoms with Gasteiger partial charge < -0.3 is 14.2 Å². The quantitative estimate of drug-likeness (QED) is 0.665. The second-order valence-corrected chi connectivity index (χ2v) is 9.05. The minimum atomic E-state index is -0.450. The zero-order chi connectivity index (χ0) is 22.8. The Morgan fingerprint density at radius 1 is 1.12 bits per heavy atom. The Balaban J connectivity index is 1.35. The van der Waals surface area contributed by atoms with Crippen molar-refractivity contribution in [3.05, 3.63) is 64.7 Å². The molecule has 1 atom stereocenters. The van der Waals surface area contributed by atoms with Crippen molar-refractivity contribution in [3.8, 4) is 5.75 Å². The van der Waals surface area contributed by atoms with Crippen LogP contribution in [0.3, 0.4) is 0 Å². The van der Waals surface area contributed by atoms with E-state index in [1.54, 1.807) is 12.1 Å². The molecule has 2 aromatic rings. The summed E-state index contributed by atoms with van der Waals surface area (Å²) >= 11 is 6.45. The van der Waals surface area contributed by atoms with Gasteiger partial charge in [-0.1, -0.05) is 41.9 Å². The Kier molecular flexibility index (Phi) is 6.38. The van der Waals surface area contributed by atoms with Crippen molar-refractivity contribution < 1.29 is 19.0 Å². The molecule has 7 nitrogen and oxygen atoms in total. The van der Waals surface area contributed by atoms with E-state index in [2.05, 4.69) is 4.90 Å². The van der Waals surface area contributed by atoms with Crippen LogP contribution in [-0.2, 0) is 14.3 Å². The molecule has 5 rings (SSSR count). The van der Waals surface area contributed by atoms with E-state index in [0.717, 1.165) is 48.5 Å². The van der Waals surface area contributed by atoms with Crippen molar-refractivity contribution in [2.75, 3.05) is 40.0 Å². The van der Waals surface area contributed by atoms with Crippen LogP contribution < -0.4 is 4.74 Å². The zero-order valence-electron chi connectivity index (χ0n) is 18.7. The molecule has 1 spiro atoms. The maximum atomic E-state index is 13.5. The number of methoxy groups -OCH3 is 1. The monoisotopic (exact) mass is 469 g/mol. The number of nitrogens with zero attached hydrogens (tertiary/aromatic N) is 3. The van der Waals surface area contributed by atoms with Crippen molar-refractivity contribution in [3.63, 3.8) is 0 Å². The molecule has 33 heavy (non-hydrogen) atoms. The Morgan fingerprint density at radius 2 is 1.82 bits per heavy atom. The molecule has 1 amide bonds. The molecule has 0 aromatic heterocycles. The third-order valence-electron chi connectivity index (χ3n) is 6.64. The van der Waals surface area contributed by atoms with Crippen LogP contribution in [0.15, 0.2) is 53.6 Å². The highest BCUT2D eigenvalue weighted by atomic mass is 35.5. The van der Waals surface area contributed by atoms with Crippen molar-refractivity contribution in [2.24, 2.45) is 5.10 Å². The number of halogens is 1. The van der Waals surface area contributed by atoms with Crippen LogP contribution in [0.2, 0.25) is 5.02 Å². The molecule has 0 saturated carbocycles. The lowest BCUT2D eigenvalue weighted by atomic mass is 9.98. The van der Waals surface area contributed by atoms with E-state index < -0.39 is 5.79 Å². The lowest BCUT2D eigenvalue weighted by Gasteiger charge is -2.37. The van der Waals surface area contributed by atoms with Gasteiger partial charge >= 0.3 is 0 Å². The molecular formula is C25H28ClN3O4. The van der Waals surface area contributed by atoms with Crippen LogP contribution >= 0.6 is 11.6 Å². The maximum absolute atomic E-state index is 13.5. The summed E-state index contributed by atoms with van der Waals surface area (Å²) < 4.78 is 16.9. The molecular weight excluding hydrogens is 442 g/mol. The lowest BCUT2D eigenvalue weighted by molar-refractivity contribution is -0.186. The first kappa shape index (κ1) is 22.3. The topological polar surface area (TPSA) is 63.6 Å². The fourth-order valence-electron chi connectivity index (χ4n) is 4.79. The Morgan fingerprint density at radius 3 is 2.48 bits per heavy atom. The number of ether oxygens (including phenoxy) is 3. The van der Waals surface area contributed by atoms with Gasteiger partial charge in [0.2, 0.25) is 0 Å². The fraction of sp³-hybridized carbons (Fsp3) is 0.440. The van der Waals surface area contributed by atoms with Gasteiger partial charge in [-0.3, -0.25) is 9.69 Å². The summed E-state index contributed by atoms with van der Waals surface area (Å²) in [6.45, 7) is 3.12. The molecule has 3 aliphatic rings. The Hall–Kier alpha value is -2.45. The van der Waals surface area contributed by atoms with Crippen LogP contribution in [0.4, 0.5) is 0 Å². The molecule has 0 radical (unpaired) electrons. The third-order valence-corrected chi connectivity index (χ3v) is 6.97. The van der Waals surface area contributed by atoms with Gasteiger partial charge in [-0.2, -0.15) is 5.10 Å². The summed E-state index contributed by atoms with van der Waals surface area (Å²) in [6.07, 6.45) is 2.15. The molecule has 3 aliphatic heterocycles. The highest BCUT2D eigenvalue weighted by Gasteiger charge is 2.41. The van der Waals surface area contributed by atoms with Crippen LogP contribution in [0.5, 0.6) is 5.75 Å². The molecule has 2 aromatic carbocycles. The van der Waals surface area contributed by atoms with E-state index in [1.807, 2.05) is 48.5 Å². The summed E-state index contributed by atoms with van der Waals surface area (Å²) in [4.78, 5) is 15.6. The number of carbonyl (C=O) groups excluding carboxylic acids is 1. The minimum absolute atomic E-state index is 0.0259. The maximum Gasteiger partial charge on any atom is 0.257 e. The van der Waals surface area contributed by atoms with Crippen molar-refractivity contribution in [1.29, 1.82) is 0 Å². The summed E-state index contributed by atoms with van der Waals surface area (Å²) in [5.41, 5.74) is 2.70. The van der Waals surface area contributed by atoms with Gasteiger partial charge in [0.1, 0.15) is 5.75 Å². The van der Waals surface area contributed by atoms with Crippen LogP contribution in [0.1, 0.15) is 36.4 Å². The molecule has 2 fully saturated rings. The van der Waals surface area contributed by atoms with Gasteiger partial charge in [-0.25, -0.2) is 5.01 Å². The average molecular weight is 470 g/mol. The molecule has 2 saturated heterocycles. The van der Waals surface area contributed by atoms with E-state index >= 15 is 0 Å². The van der Waals surface area contributed by atoms with E-state index in [9.17, 15) is 4.79 Å². The van der Waals surface area contributed by atoms with Crippen LogP contribution in [-0.4, -0.2) is 67.3 Å². The predicted molar refractivity (Wildman–Crippen MR) is 125 cm³/mol. The number of hydrazone groups is 1. The normalized spacial score (nSPS) is 22.5. The highest BCUT2D eigenvalue weighted by molar-refractivity contribution is 6.34. The summed E-state index contributed by atoms with van der Waals surface area (Å²) in [7, 11) is 1.64. The number of carbonyl (C=O) groups is 1. The molecule has 0 aliphatic carbocycles. The van der Waals surface area contributed by atoms with E-state index in [4.69, 9.17) is 30.9 Å². The number of piperidine rings is 1. The summed E-state index contributed by atoms with van der Waals surface area (Å²) in [5.74, 6) is 0.302. The SMILES string of the molecule is COc1ccc([C@H]2CC(c3ccccc3Cl)=NN2C(=O)CN2CCC3(CC2)OCCO3)cc1. The number of amides is 1. The van der Waals surface area contributed by atoms with Gasteiger partial charge in [0, 0.05) is 42.9 Å². The smallest absolute Gasteiger partial charge is 0.257 e.